The van der Waals surface area contributed by atoms with Crippen LogP contribution in [0.2, 0.25) is 0 Å². The summed E-state index contributed by atoms with van der Waals surface area (Å²) in [4.78, 5) is 12.7. The fourth-order valence-electron chi connectivity index (χ4n) is 3.56. The van der Waals surface area contributed by atoms with Crippen molar-refractivity contribution in [3.8, 4) is 0 Å². The number of hydrogen-bond acceptors (Lipinski definition) is 5. The summed E-state index contributed by atoms with van der Waals surface area (Å²) < 4.78 is 55.1. The quantitative estimate of drug-likeness (QED) is 0.532. The predicted molar refractivity (Wildman–Crippen MR) is 126 cm³/mol. The lowest BCUT2D eigenvalue weighted by atomic mass is 10.1. The SMILES string of the molecule is O=C(Nc1ccccc1)c1ccccc1NS(=O)(=O)c1ccc(S(=O)(=O)N2CCCC2)cc1. The Morgan fingerprint density at radius 3 is 1.97 bits per heavy atom. The molecule has 2 N–H and O–H groups in total. The summed E-state index contributed by atoms with van der Waals surface area (Å²) in [5, 5.41) is 2.73. The van der Waals surface area contributed by atoms with Gasteiger partial charge < -0.3 is 5.32 Å². The monoisotopic (exact) mass is 485 g/mol. The largest absolute Gasteiger partial charge is 0.322 e. The van der Waals surface area contributed by atoms with Gasteiger partial charge in [0, 0.05) is 18.8 Å². The fourth-order valence-corrected chi connectivity index (χ4v) is 6.16. The summed E-state index contributed by atoms with van der Waals surface area (Å²) in [6.45, 7) is 0.928. The van der Waals surface area contributed by atoms with Crippen LogP contribution in [0.1, 0.15) is 23.2 Å². The Labute approximate surface area is 193 Å². The first-order chi connectivity index (χ1) is 15.8. The van der Waals surface area contributed by atoms with Crippen molar-refractivity contribution >= 4 is 37.3 Å². The zero-order valence-electron chi connectivity index (χ0n) is 17.6. The van der Waals surface area contributed by atoms with Crippen LogP contribution in [0.3, 0.4) is 0 Å². The summed E-state index contributed by atoms with van der Waals surface area (Å²) >= 11 is 0. The van der Waals surface area contributed by atoms with Crippen LogP contribution in [0, 0.1) is 0 Å². The number of amides is 1. The molecule has 10 heteroatoms. The lowest BCUT2D eigenvalue weighted by Crippen LogP contribution is -2.27. The molecule has 1 amide bonds. The number of nitrogens with one attached hydrogen (secondary N) is 2. The van der Waals surface area contributed by atoms with E-state index in [1.807, 2.05) is 6.07 Å². The van der Waals surface area contributed by atoms with Crippen molar-refractivity contribution in [1.82, 2.24) is 4.31 Å². The van der Waals surface area contributed by atoms with E-state index in [1.165, 1.54) is 40.7 Å². The van der Waals surface area contributed by atoms with Crippen LogP contribution in [0.5, 0.6) is 0 Å². The highest BCUT2D eigenvalue weighted by Crippen LogP contribution is 2.25. The average molecular weight is 486 g/mol. The number of carbonyl (C=O) groups excluding carboxylic acids is 1. The van der Waals surface area contributed by atoms with Crippen molar-refractivity contribution in [2.45, 2.75) is 22.6 Å². The summed E-state index contributed by atoms with van der Waals surface area (Å²) in [5.41, 5.74) is 0.841. The zero-order valence-corrected chi connectivity index (χ0v) is 19.3. The third-order valence-corrected chi connectivity index (χ3v) is 8.58. The second kappa shape index (κ2) is 9.34. The number of hydrogen-bond donors (Lipinski definition) is 2. The van der Waals surface area contributed by atoms with Gasteiger partial charge in [0.05, 0.1) is 21.0 Å². The van der Waals surface area contributed by atoms with Crippen molar-refractivity contribution in [2.24, 2.45) is 0 Å². The van der Waals surface area contributed by atoms with Crippen LogP contribution in [0.15, 0.2) is 88.7 Å². The van der Waals surface area contributed by atoms with Crippen molar-refractivity contribution in [3.63, 3.8) is 0 Å². The van der Waals surface area contributed by atoms with Gasteiger partial charge in [-0.3, -0.25) is 9.52 Å². The predicted octanol–water partition coefficient (Wildman–Crippen LogP) is 3.52. The number of nitrogens with zero attached hydrogens (tertiary/aromatic N) is 1. The van der Waals surface area contributed by atoms with Gasteiger partial charge in [-0.05, 0) is 61.4 Å². The molecule has 0 bridgehead atoms. The first-order valence-corrected chi connectivity index (χ1v) is 13.3. The van der Waals surface area contributed by atoms with Gasteiger partial charge in [-0.15, -0.1) is 0 Å². The molecule has 0 atom stereocenters. The molecule has 0 aromatic heterocycles. The molecule has 3 aromatic rings. The minimum Gasteiger partial charge on any atom is -0.322 e. The normalized spacial score (nSPS) is 14.7. The highest BCUT2D eigenvalue weighted by atomic mass is 32.2. The molecule has 1 aliphatic heterocycles. The summed E-state index contributed by atoms with van der Waals surface area (Å²) in [6.07, 6.45) is 1.62. The van der Waals surface area contributed by atoms with Crippen LogP contribution in [0.25, 0.3) is 0 Å². The lowest BCUT2D eigenvalue weighted by molar-refractivity contribution is 0.102. The third-order valence-electron chi connectivity index (χ3n) is 5.28. The van der Waals surface area contributed by atoms with E-state index in [-0.39, 0.29) is 21.0 Å². The molecule has 1 aliphatic rings. The smallest absolute Gasteiger partial charge is 0.261 e. The van der Waals surface area contributed by atoms with Gasteiger partial charge >= 0.3 is 0 Å². The van der Waals surface area contributed by atoms with Crippen LogP contribution in [-0.4, -0.2) is 40.1 Å². The first kappa shape index (κ1) is 23.0. The summed E-state index contributed by atoms with van der Waals surface area (Å²) in [6, 6.07) is 20.1. The Morgan fingerprint density at radius 1 is 0.727 bits per heavy atom. The van der Waals surface area contributed by atoms with E-state index in [0.29, 0.717) is 18.8 Å². The van der Waals surface area contributed by atoms with E-state index in [1.54, 1.807) is 36.4 Å². The molecule has 4 rings (SSSR count). The number of anilines is 2. The van der Waals surface area contributed by atoms with E-state index < -0.39 is 26.0 Å². The first-order valence-electron chi connectivity index (χ1n) is 10.4. The van der Waals surface area contributed by atoms with E-state index in [0.717, 1.165) is 12.8 Å². The molecule has 172 valence electrons. The molecular formula is C23H23N3O5S2. The number of para-hydroxylation sites is 2. The minimum absolute atomic E-state index is 0.0472. The number of carbonyl (C=O) groups is 1. The standard InChI is InChI=1S/C23H23N3O5S2/c27-23(24-18-8-2-1-3-9-18)21-10-4-5-11-22(21)25-32(28,29)19-12-14-20(15-13-19)33(30,31)26-16-6-7-17-26/h1-5,8-15,25H,6-7,16-17H2,(H,24,27). The number of rotatable bonds is 7. The van der Waals surface area contributed by atoms with Gasteiger partial charge in [0.1, 0.15) is 0 Å². The van der Waals surface area contributed by atoms with Gasteiger partial charge in [0.15, 0.2) is 0 Å². The van der Waals surface area contributed by atoms with Crippen LogP contribution in [-0.2, 0) is 20.0 Å². The number of benzene rings is 3. The summed E-state index contributed by atoms with van der Waals surface area (Å²) in [5.74, 6) is -0.466. The van der Waals surface area contributed by atoms with Gasteiger partial charge in [-0.2, -0.15) is 4.31 Å². The highest BCUT2D eigenvalue weighted by molar-refractivity contribution is 7.92. The molecule has 0 spiro atoms. The van der Waals surface area contributed by atoms with Gasteiger partial charge in [-0.25, -0.2) is 16.8 Å². The van der Waals surface area contributed by atoms with Crippen molar-refractivity contribution in [2.75, 3.05) is 23.1 Å². The van der Waals surface area contributed by atoms with Crippen molar-refractivity contribution < 1.29 is 21.6 Å². The molecule has 0 radical (unpaired) electrons. The topological polar surface area (TPSA) is 113 Å². The maximum atomic E-state index is 12.9. The van der Waals surface area contributed by atoms with Gasteiger partial charge in [0.2, 0.25) is 10.0 Å². The van der Waals surface area contributed by atoms with Crippen LogP contribution < -0.4 is 10.0 Å². The lowest BCUT2D eigenvalue weighted by Gasteiger charge is -2.16. The Hall–Kier alpha value is -3.21. The third kappa shape index (κ3) is 5.08. The van der Waals surface area contributed by atoms with E-state index >= 15 is 0 Å². The minimum atomic E-state index is -4.06. The molecule has 3 aromatic carbocycles. The van der Waals surface area contributed by atoms with E-state index in [4.69, 9.17) is 0 Å². The molecule has 0 saturated carbocycles. The Kier molecular flexibility index (Phi) is 6.50. The second-order valence-corrected chi connectivity index (χ2v) is 11.2. The Balaban J connectivity index is 1.55. The maximum absolute atomic E-state index is 12.9. The molecule has 0 aliphatic carbocycles. The van der Waals surface area contributed by atoms with E-state index in [2.05, 4.69) is 10.0 Å². The number of sulfonamides is 2. The molecule has 0 unspecified atom stereocenters. The molecule has 8 nitrogen and oxygen atoms in total. The van der Waals surface area contributed by atoms with Crippen molar-refractivity contribution in [1.29, 1.82) is 0 Å². The van der Waals surface area contributed by atoms with Crippen LogP contribution >= 0.6 is 0 Å². The van der Waals surface area contributed by atoms with E-state index in [9.17, 15) is 21.6 Å². The Morgan fingerprint density at radius 2 is 1.30 bits per heavy atom. The van der Waals surface area contributed by atoms with Gasteiger partial charge in [-0.1, -0.05) is 30.3 Å². The fraction of sp³-hybridized carbons (Fsp3) is 0.174. The molecule has 1 fully saturated rings. The molecular weight excluding hydrogens is 462 g/mol. The maximum Gasteiger partial charge on any atom is 0.261 e. The zero-order chi connectivity index (χ0) is 23.5. The molecule has 1 heterocycles. The average Bonchev–Trinajstić information content (AvgIpc) is 3.36. The summed E-state index contributed by atoms with van der Waals surface area (Å²) in [7, 11) is -7.70. The van der Waals surface area contributed by atoms with Crippen LogP contribution in [0.4, 0.5) is 11.4 Å². The van der Waals surface area contributed by atoms with Crippen molar-refractivity contribution in [3.05, 3.63) is 84.4 Å². The molecule has 33 heavy (non-hydrogen) atoms. The van der Waals surface area contributed by atoms with Gasteiger partial charge in [0.25, 0.3) is 15.9 Å². The Bertz CT molecular complexity index is 1350. The molecule has 1 saturated heterocycles. The highest BCUT2D eigenvalue weighted by Gasteiger charge is 2.27. The second-order valence-electron chi connectivity index (χ2n) is 7.55.